The van der Waals surface area contributed by atoms with E-state index < -0.39 is 17.9 Å². The van der Waals surface area contributed by atoms with Crippen LogP contribution in [0.15, 0.2) is 42.5 Å². The molecule has 0 radical (unpaired) electrons. The van der Waals surface area contributed by atoms with Gasteiger partial charge in [-0.15, -0.1) is 0 Å². The molecule has 0 saturated carbocycles. The molecule has 2 N–H and O–H groups in total. The van der Waals surface area contributed by atoms with Gasteiger partial charge < -0.3 is 10.4 Å². The summed E-state index contributed by atoms with van der Waals surface area (Å²) < 4.78 is 0. The zero-order valence-corrected chi connectivity index (χ0v) is 14.1. The summed E-state index contributed by atoms with van der Waals surface area (Å²) >= 11 is 0. The number of carboxylic acids is 1. The number of nitrogens with one attached hydrogen (secondary N) is 1. The van der Waals surface area contributed by atoms with Crippen LogP contribution in [0.4, 0.5) is 0 Å². The van der Waals surface area contributed by atoms with Gasteiger partial charge in [-0.05, 0) is 31.4 Å². The number of amides is 1. The Labute approximate surface area is 141 Å². The predicted octanol–water partition coefficient (Wildman–Crippen LogP) is 3.29. The van der Waals surface area contributed by atoms with Gasteiger partial charge in [-0.2, -0.15) is 0 Å². The fourth-order valence-electron chi connectivity index (χ4n) is 2.50. The maximum absolute atomic E-state index is 12.4. The Kier molecular flexibility index (Phi) is 5.68. The van der Waals surface area contributed by atoms with Crippen molar-refractivity contribution in [3.05, 3.63) is 53.7 Å². The molecule has 1 aromatic heterocycles. The van der Waals surface area contributed by atoms with Gasteiger partial charge in [0, 0.05) is 5.56 Å². The molecule has 0 aliphatic carbocycles. The molecular weight excluding hydrogens is 304 g/mol. The first-order chi connectivity index (χ1) is 11.4. The van der Waals surface area contributed by atoms with Crippen LogP contribution in [0, 0.1) is 12.8 Å². The lowest BCUT2D eigenvalue weighted by atomic mass is 10.0. The highest BCUT2D eigenvalue weighted by Gasteiger charge is 2.22. The number of carbonyl (C=O) groups is 2. The van der Waals surface area contributed by atoms with Gasteiger partial charge in [0.05, 0.1) is 17.0 Å². The smallest absolute Gasteiger partial charge is 0.326 e. The molecule has 1 unspecified atom stereocenters. The zero-order valence-electron chi connectivity index (χ0n) is 14.1. The molecule has 1 atom stereocenters. The fourth-order valence-corrected chi connectivity index (χ4v) is 2.50. The topological polar surface area (TPSA) is 79.3 Å². The summed E-state index contributed by atoms with van der Waals surface area (Å²) in [6, 6.07) is 12.2. The molecule has 24 heavy (non-hydrogen) atoms. The van der Waals surface area contributed by atoms with E-state index in [9.17, 15) is 14.7 Å². The van der Waals surface area contributed by atoms with Crippen LogP contribution in [0.5, 0.6) is 0 Å². The standard InChI is InChI=1S/C19H22N2O3/c1-12(2)11-17(19(23)24)21-18(22)15-9-10-16(20-13(15)3)14-7-5-4-6-8-14/h4-10,12,17H,11H2,1-3H3,(H,21,22)(H,23,24). The van der Waals surface area contributed by atoms with E-state index in [-0.39, 0.29) is 5.92 Å². The molecule has 2 rings (SSSR count). The van der Waals surface area contributed by atoms with Gasteiger partial charge in [0.15, 0.2) is 0 Å². The number of aliphatic carboxylic acids is 1. The van der Waals surface area contributed by atoms with Crippen LogP contribution in [0.2, 0.25) is 0 Å². The van der Waals surface area contributed by atoms with Gasteiger partial charge in [0.25, 0.3) is 5.91 Å². The van der Waals surface area contributed by atoms with Crippen molar-refractivity contribution < 1.29 is 14.7 Å². The quantitative estimate of drug-likeness (QED) is 0.854. The second-order valence-corrected chi connectivity index (χ2v) is 6.19. The Hall–Kier alpha value is -2.69. The van der Waals surface area contributed by atoms with Crippen LogP contribution in [0.25, 0.3) is 11.3 Å². The molecule has 5 heteroatoms. The molecule has 0 aliphatic heterocycles. The van der Waals surface area contributed by atoms with Crippen molar-refractivity contribution in [1.29, 1.82) is 0 Å². The Morgan fingerprint density at radius 2 is 1.79 bits per heavy atom. The Balaban J connectivity index is 2.19. The van der Waals surface area contributed by atoms with Crippen molar-refractivity contribution in [2.24, 2.45) is 5.92 Å². The molecule has 5 nitrogen and oxygen atoms in total. The number of carboxylic acid groups (broad SMARTS) is 1. The Morgan fingerprint density at radius 1 is 1.12 bits per heavy atom. The molecule has 0 fully saturated rings. The van der Waals surface area contributed by atoms with Gasteiger partial charge in [-0.25, -0.2) is 4.79 Å². The van der Waals surface area contributed by atoms with Gasteiger partial charge in [-0.1, -0.05) is 44.2 Å². The third kappa shape index (κ3) is 4.41. The molecule has 1 amide bonds. The number of pyridine rings is 1. The number of carbonyl (C=O) groups excluding carboxylic acids is 1. The van der Waals surface area contributed by atoms with E-state index in [4.69, 9.17) is 0 Å². The lowest BCUT2D eigenvalue weighted by Crippen LogP contribution is -2.41. The lowest BCUT2D eigenvalue weighted by Gasteiger charge is -2.17. The summed E-state index contributed by atoms with van der Waals surface area (Å²) in [5, 5.41) is 11.8. The van der Waals surface area contributed by atoms with Crippen LogP contribution in [-0.2, 0) is 4.79 Å². The third-order valence-electron chi connectivity index (χ3n) is 3.71. The van der Waals surface area contributed by atoms with Gasteiger partial charge in [-0.3, -0.25) is 9.78 Å². The average Bonchev–Trinajstić information content (AvgIpc) is 2.54. The maximum Gasteiger partial charge on any atom is 0.326 e. The SMILES string of the molecule is Cc1nc(-c2ccccc2)ccc1C(=O)NC(CC(C)C)C(=O)O. The minimum atomic E-state index is -1.02. The summed E-state index contributed by atoms with van der Waals surface area (Å²) in [4.78, 5) is 28.2. The van der Waals surface area contributed by atoms with E-state index in [2.05, 4.69) is 10.3 Å². The number of aryl methyl sites for hydroxylation is 1. The number of hydrogen-bond acceptors (Lipinski definition) is 3. The highest BCUT2D eigenvalue weighted by Crippen LogP contribution is 2.18. The summed E-state index contributed by atoms with van der Waals surface area (Å²) in [5.41, 5.74) is 2.71. The number of rotatable bonds is 6. The average molecular weight is 326 g/mol. The largest absolute Gasteiger partial charge is 0.480 e. The minimum Gasteiger partial charge on any atom is -0.480 e. The molecular formula is C19H22N2O3. The number of nitrogens with zero attached hydrogens (tertiary/aromatic N) is 1. The van der Waals surface area contributed by atoms with Crippen molar-refractivity contribution in [2.45, 2.75) is 33.2 Å². The zero-order chi connectivity index (χ0) is 17.7. The predicted molar refractivity (Wildman–Crippen MR) is 92.8 cm³/mol. The Morgan fingerprint density at radius 3 is 2.33 bits per heavy atom. The van der Waals surface area contributed by atoms with E-state index in [1.807, 2.05) is 44.2 Å². The number of benzene rings is 1. The third-order valence-corrected chi connectivity index (χ3v) is 3.71. The second-order valence-electron chi connectivity index (χ2n) is 6.19. The Bertz CT molecular complexity index is 727. The van der Waals surface area contributed by atoms with E-state index >= 15 is 0 Å². The van der Waals surface area contributed by atoms with Crippen LogP contribution in [0.1, 0.15) is 36.3 Å². The summed E-state index contributed by atoms with van der Waals surface area (Å²) in [6.07, 6.45) is 0.385. The second kappa shape index (κ2) is 7.73. The summed E-state index contributed by atoms with van der Waals surface area (Å²) in [7, 11) is 0. The van der Waals surface area contributed by atoms with Crippen LogP contribution < -0.4 is 5.32 Å². The van der Waals surface area contributed by atoms with Crippen molar-refractivity contribution in [1.82, 2.24) is 10.3 Å². The fraction of sp³-hybridized carbons (Fsp3) is 0.316. The van der Waals surface area contributed by atoms with Crippen molar-refractivity contribution in [3.8, 4) is 11.3 Å². The summed E-state index contributed by atoms with van der Waals surface area (Å²) in [6.45, 7) is 5.59. The molecule has 1 heterocycles. The van der Waals surface area contributed by atoms with Crippen LogP contribution >= 0.6 is 0 Å². The molecule has 0 saturated heterocycles. The first kappa shape index (κ1) is 17.7. The lowest BCUT2D eigenvalue weighted by molar-refractivity contribution is -0.139. The van der Waals surface area contributed by atoms with Crippen molar-refractivity contribution in [3.63, 3.8) is 0 Å². The first-order valence-corrected chi connectivity index (χ1v) is 7.95. The van der Waals surface area contributed by atoms with Gasteiger partial charge >= 0.3 is 5.97 Å². The molecule has 0 spiro atoms. The molecule has 126 valence electrons. The van der Waals surface area contributed by atoms with E-state index in [1.54, 1.807) is 19.1 Å². The molecule has 0 aliphatic rings. The van der Waals surface area contributed by atoms with E-state index in [0.717, 1.165) is 11.3 Å². The molecule has 2 aromatic rings. The van der Waals surface area contributed by atoms with Gasteiger partial charge in [0.1, 0.15) is 6.04 Å². The normalized spacial score (nSPS) is 12.0. The highest BCUT2D eigenvalue weighted by atomic mass is 16.4. The molecule has 0 bridgehead atoms. The monoisotopic (exact) mass is 326 g/mol. The van der Waals surface area contributed by atoms with E-state index in [0.29, 0.717) is 17.7 Å². The van der Waals surface area contributed by atoms with Crippen LogP contribution in [0.3, 0.4) is 0 Å². The first-order valence-electron chi connectivity index (χ1n) is 7.95. The van der Waals surface area contributed by atoms with Gasteiger partial charge in [0.2, 0.25) is 0 Å². The van der Waals surface area contributed by atoms with Crippen LogP contribution in [-0.4, -0.2) is 28.0 Å². The van der Waals surface area contributed by atoms with Crippen molar-refractivity contribution >= 4 is 11.9 Å². The van der Waals surface area contributed by atoms with Crippen molar-refractivity contribution in [2.75, 3.05) is 0 Å². The number of hydrogen-bond donors (Lipinski definition) is 2. The molecule has 1 aromatic carbocycles. The number of aromatic nitrogens is 1. The maximum atomic E-state index is 12.4. The summed E-state index contributed by atoms with van der Waals surface area (Å²) in [5.74, 6) is -1.26. The highest BCUT2D eigenvalue weighted by molar-refractivity contribution is 5.97. The minimum absolute atomic E-state index is 0.172. The van der Waals surface area contributed by atoms with E-state index in [1.165, 1.54) is 0 Å².